The smallest absolute Gasteiger partial charge is 0.410 e. The molecule has 1 aliphatic heterocycles. The van der Waals surface area contributed by atoms with Crippen molar-refractivity contribution >= 4 is 23.0 Å². The molecule has 0 fully saturated rings. The van der Waals surface area contributed by atoms with Gasteiger partial charge in [0.15, 0.2) is 0 Å². The van der Waals surface area contributed by atoms with Crippen LogP contribution in [-0.4, -0.2) is 38.8 Å². The second-order valence-corrected chi connectivity index (χ2v) is 7.39. The number of carboxylic acid groups (broad SMARTS) is 1. The van der Waals surface area contributed by atoms with Gasteiger partial charge in [0.2, 0.25) is 0 Å². The number of nitrogens with zero attached hydrogens (tertiary/aromatic N) is 2. The summed E-state index contributed by atoms with van der Waals surface area (Å²) in [4.78, 5) is 25.1. The minimum atomic E-state index is -0.827. The van der Waals surface area contributed by atoms with Crippen molar-refractivity contribution in [3.05, 3.63) is 35.5 Å². The van der Waals surface area contributed by atoms with E-state index in [0.29, 0.717) is 19.6 Å². The van der Waals surface area contributed by atoms with Crippen LogP contribution in [0.5, 0.6) is 0 Å². The molecule has 0 unspecified atom stereocenters. The zero-order valence-corrected chi connectivity index (χ0v) is 14.9. The van der Waals surface area contributed by atoms with Gasteiger partial charge < -0.3 is 19.3 Å². The molecule has 1 N–H and O–H groups in total. The molecule has 134 valence electrons. The topological polar surface area (TPSA) is 71.8 Å². The fraction of sp³-hybridized carbons (Fsp3) is 0.474. The Morgan fingerprint density at radius 1 is 1.24 bits per heavy atom. The highest BCUT2D eigenvalue weighted by Crippen LogP contribution is 2.31. The van der Waals surface area contributed by atoms with E-state index in [9.17, 15) is 9.59 Å². The van der Waals surface area contributed by atoms with E-state index < -0.39 is 11.6 Å². The molecule has 6 nitrogen and oxygen atoms in total. The van der Waals surface area contributed by atoms with Crippen LogP contribution in [0.25, 0.3) is 10.9 Å². The average Bonchev–Trinajstić information content (AvgIpc) is 2.84. The summed E-state index contributed by atoms with van der Waals surface area (Å²) in [6, 6.07) is 8.02. The number of carbonyl (C=O) groups excluding carboxylic acids is 1. The maximum absolute atomic E-state index is 12.4. The third kappa shape index (κ3) is 3.62. The van der Waals surface area contributed by atoms with Crippen molar-refractivity contribution in [2.45, 2.75) is 52.3 Å². The van der Waals surface area contributed by atoms with E-state index in [4.69, 9.17) is 9.84 Å². The van der Waals surface area contributed by atoms with E-state index in [-0.39, 0.29) is 12.5 Å². The first-order chi connectivity index (χ1) is 11.8. The summed E-state index contributed by atoms with van der Waals surface area (Å²) in [5, 5.41) is 10.2. The predicted octanol–water partition coefficient (Wildman–Crippen LogP) is 3.41. The lowest BCUT2D eigenvalue weighted by Gasteiger charge is -2.31. The molecule has 2 heterocycles. The van der Waals surface area contributed by atoms with Gasteiger partial charge in [-0.1, -0.05) is 18.2 Å². The highest BCUT2D eigenvalue weighted by Gasteiger charge is 2.29. The summed E-state index contributed by atoms with van der Waals surface area (Å²) >= 11 is 0. The second kappa shape index (κ2) is 6.43. The van der Waals surface area contributed by atoms with Crippen LogP contribution in [-0.2, 0) is 29.0 Å². The molecular formula is C19H24N2O4. The van der Waals surface area contributed by atoms with Crippen LogP contribution >= 0.6 is 0 Å². The van der Waals surface area contributed by atoms with Crippen LogP contribution in [0.2, 0.25) is 0 Å². The van der Waals surface area contributed by atoms with Gasteiger partial charge in [0.1, 0.15) is 5.60 Å². The van der Waals surface area contributed by atoms with Crippen LogP contribution < -0.4 is 0 Å². The predicted molar refractivity (Wildman–Crippen MR) is 94.5 cm³/mol. The number of aromatic nitrogens is 1. The molecule has 0 radical (unpaired) electrons. The lowest BCUT2D eigenvalue weighted by atomic mass is 10.0. The van der Waals surface area contributed by atoms with E-state index in [0.717, 1.165) is 23.0 Å². The van der Waals surface area contributed by atoms with Crippen LogP contribution in [0.1, 0.15) is 38.4 Å². The van der Waals surface area contributed by atoms with Crippen LogP contribution in [0.4, 0.5) is 4.79 Å². The second-order valence-electron chi connectivity index (χ2n) is 7.39. The molecule has 1 aromatic carbocycles. The van der Waals surface area contributed by atoms with Crippen molar-refractivity contribution in [3.63, 3.8) is 0 Å². The Morgan fingerprint density at radius 2 is 1.96 bits per heavy atom. The number of rotatable bonds is 3. The quantitative estimate of drug-likeness (QED) is 0.926. The Balaban J connectivity index is 1.94. The molecule has 0 bridgehead atoms. The van der Waals surface area contributed by atoms with Crippen molar-refractivity contribution in [3.8, 4) is 0 Å². The zero-order chi connectivity index (χ0) is 18.2. The Bertz CT molecular complexity index is 817. The van der Waals surface area contributed by atoms with Gasteiger partial charge in [0.05, 0.1) is 13.0 Å². The third-order valence-electron chi connectivity index (χ3n) is 4.37. The highest BCUT2D eigenvalue weighted by molar-refractivity contribution is 5.86. The van der Waals surface area contributed by atoms with Gasteiger partial charge >= 0.3 is 12.1 Å². The molecule has 6 heteroatoms. The van der Waals surface area contributed by atoms with Gasteiger partial charge in [0, 0.05) is 29.7 Å². The SMILES string of the molecule is CC(C)(C)OC(=O)N1CCc2c(n(CCC(=O)O)c3ccccc23)C1. The standard InChI is InChI=1S/C19H24N2O4/c1-19(2,3)25-18(24)20-10-8-14-13-6-4-5-7-15(13)21(16(14)12-20)11-9-17(22)23/h4-7H,8-12H2,1-3H3,(H,22,23). The van der Waals surface area contributed by atoms with Gasteiger partial charge in [-0.3, -0.25) is 4.79 Å². The summed E-state index contributed by atoms with van der Waals surface area (Å²) in [7, 11) is 0. The molecule has 3 rings (SSSR count). The van der Waals surface area contributed by atoms with Gasteiger partial charge in [0.25, 0.3) is 0 Å². The van der Waals surface area contributed by atoms with Gasteiger partial charge in [-0.05, 0) is 38.8 Å². The van der Waals surface area contributed by atoms with Gasteiger partial charge in [-0.15, -0.1) is 0 Å². The Labute approximate surface area is 147 Å². The van der Waals surface area contributed by atoms with Crippen molar-refractivity contribution in [2.75, 3.05) is 6.54 Å². The monoisotopic (exact) mass is 344 g/mol. The largest absolute Gasteiger partial charge is 0.481 e. The van der Waals surface area contributed by atoms with Gasteiger partial charge in [-0.2, -0.15) is 0 Å². The lowest BCUT2D eigenvalue weighted by Crippen LogP contribution is -2.40. The Morgan fingerprint density at radius 3 is 2.64 bits per heavy atom. The summed E-state index contributed by atoms with van der Waals surface area (Å²) in [5.74, 6) is -0.827. The number of carbonyl (C=O) groups is 2. The fourth-order valence-electron chi connectivity index (χ4n) is 3.34. The molecule has 1 aliphatic rings. The normalized spacial score (nSPS) is 14.4. The number of amides is 1. The number of hydrogen-bond donors (Lipinski definition) is 1. The van der Waals surface area contributed by atoms with Crippen LogP contribution in [0.15, 0.2) is 24.3 Å². The summed E-state index contributed by atoms with van der Waals surface area (Å²) in [5.41, 5.74) is 2.72. The average molecular weight is 344 g/mol. The van der Waals surface area contributed by atoms with Crippen LogP contribution in [0.3, 0.4) is 0 Å². The van der Waals surface area contributed by atoms with Crippen molar-refractivity contribution in [1.29, 1.82) is 0 Å². The molecule has 2 aromatic rings. The fourth-order valence-corrected chi connectivity index (χ4v) is 3.34. The number of aryl methyl sites for hydroxylation is 1. The number of aliphatic carboxylic acids is 1. The van der Waals surface area contributed by atoms with E-state index >= 15 is 0 Å². The number of para-hydroxylation sites is 1. The summed E-state index contributed by atoms with van der Waals surface area (Å²) in [6.07, 6.45) is 0.473. The zero-order valence-electron chi connectivity index (χ0n) is 14.9. The molecule has 0 saturated heterocycles. The Hall–Kier alpha value is -2.50. The molecular weight excluding hydrogens is 320 g/mol. The molecule has 0 aliphatic carbocycles. The van der Waals surface area contributed by atoms with Crippen molar-refractivity contribution in [2.24, 2.45) is 0 Å². The first-order valence-corrected chi connectivity index (χ1v) is 8.55. The maximum atomic E-state index is 12.4. The molecule has 25 heavy (non-hydrogen) atoms. The van der Waals surface area contributed by atoms with Crippen LogP contribution in [0, 0.1) is 0 Å². The van der Waals surface area contributed by atoms with E-state index in [2.05, 4.69) is 6.07 Å². The van der Waals surface area contributed by atoms with E-state index in [1.165, 1.54) is 5.56 Å². The molecule has 1 aromatic heterocycles. The molecule has 1 amide bonds. The van der Waals surface area contributed by atoms with Crippen molar-refractivity contribution in [1.82, 2.24) is 9.47 Å². The van der Waals surface area contributed by atoms with E-state index in [1.54, 1.807) is 4.90 Å². The highest BCUT2D eigenvalue weighted by atomic mass is 16.6. The van der Waals surface area contributed by atoms with Gasteiger partial charge in [-0.25, -0.2) is 4.79 Å². The number of carboxylic acids is 1. The first-order valence-electron chi connectivity index (χ1n) is 8.55. The molecule has 0 spiro atoms. The minimum absolute atomic E-state index is 0.0531. The third-order valence-corrected chi connectivity index (χ3v) is 4.37. The lowest BCUT2D eigenvalue weighted by molar-refractivity contribution is -0.137. The summed E-state index contributed by atoms with van der Waals surface area (Å²) in [6.45, 7) is 7.00. The Kier molecular flexibility index (Phi) is 4.45. The first kappa shape index (κ1) is 17.3. The summed E-state index contributed by atoms with van der Waals surface area (Å²) < 4.78 is 7.52. The minimum Gasteiger partial charge on any atom is -0.481 e. The maximum Gasteiger partial charge on any atom is 0.410 e. The molecule has 0 saturated carbocycles. The van der Waals surface area contributed by atoms with Crippen molar-refractivity contribution < 1.29 is 19.4 Å². The molecule has 0 atom stereocenters. The number of fused-ring (bicyclic) bond motifs is 3. The number of benzene rings is 1. The number of hydrogen-bond acceptors (Lipinski definition) is 3. The van der Waals surface area contributed by atoms with E-state index in [1.807, 2.05) is 43.5 Å². The number of ether oxygens (including phenoxy) is 1.